The van der Waals surface area contributed by atoms with E-state index in [4.69, 9.17) is 4.74 Å². The first-order valence-corrected chi connectivity index (χ1v) is 6.16. The lowest BCUT2D eigenvalue weighted by Crippen LogP contribution is -2.02. The molecule has 0 aliphatic rings. The van der Waals surface area contributed by atoms with Crippen molar-refractivity contribution in [2.75, 3.05) is 0 Å². The van der Waals surface area contributed by atoms with Crippen molar-refractivity contribution in [2.45, 2.75) is 13.8 Å². The number of benzene rings is 2. The van der Waals surface area contributed by atoms with Gasteiger partial charge in [-0.25, -0.2) is 4.79 Å². The fraction of sp³-hybridized carbons (Fsp3) is 0.133. The van der Waals surface area contributed by atoms with Crippen molar-refractivity contribution in [1.82, 2.24) is 0 Å². The minimum atomic E-state index is -1.11. The summed E-state index contributed by atoms with van der Waals surface area (Å²) in [6, 6.07) is 9.20. The van der Waals surface area contributed by atoms with Crippen LogP contribution in [0, 0.1) is 24.0 Å². The molecule has 1 N–H and O–H groups in total. The molecule has 0 heterocycles. The molecule has 0 saturated heterocycles. The highest BCUT2D eigenvalue weighted by Crippen LogP contribution is 2.34. The first kappa shape index (κ1) is 14.5. The summed E-state index contributed by atoms with van der Waals surface area (Å²) in [5.74, 6) is -0.661. The summed E-state index contributed by atoms with van der Waals surface area (Å²) in [5.41, 5.74) is 0.932. The lowest BCUT2D eigenvalue weighted by molar-refractivity contribution is -0.385. The maximum absolute atomic E-state index is 11.2. The van der Waals surface area contributed by atoms with Crippen molar-refractivity contribution in [3.63, 3.8) is 0 Å². The predicted octanol–water partition coefficient (Wildman–Crippen LogP) is 3.70. The van der Waals surface area contributed by atoms with Gasteiger partial charge in [0.1, 0.15) is 17.1 Å². The molecule has 0 unspecified atom stereocenters. The van der Waals surface area contributed by atoms with E-state index < -0.39 is 10.9 Å². The third-order valence-corrected chi connectivity index (χ3v) is 3.11. The number of nitrogens with zero attached hydrogens (tertiary/aromatic N) is 1. The molecule has 0 fully saturated rings. The Balaban J connectivity index is 2.51. The van der Waals surface area contributed by atoms with E-state index in [1.54, 1.807) is 32.0 Å². The highest BCUT2D eigenvalue weighted by molar-refractivity contribution is 5.91. The van der Waals surface area contributed by atoms with Gasteiger partial charge >= 0.3 is 5.97 Å². The molecule has 6 nitrogen and oxygen atoms in total. The second kappa shape index (κ2) is 5.62. The SMILES string of the molecule is Cc1cccc(C(=O)O)c1Oc1cccc([N+](=O)[O-])c1C. The number of hydrogen-bond acceptors (Lipinski definition) is 4. The largest absolute Gasteiger partial charge is 0.478 e. The van der Waals surface area contributed by atoms with Gasteiger partial charge in [-0.3, -0.25) is 10.1 Å². The van der Waals surface area contributed by atoms with Crippen molar-refractivity contribution < 1.29 is 19.6 Å². The van der Waals surface area contributed by atoms with Crippen LogP contribution >= 0.6 is 0 Å². The van der Waals surface area contributed by atoms with Crippen molar-refractivity contribution in [2.24, 2.45) is 0 Å². The Morgan fingerprint density at radius 3 is 2.48 bits per heavy atom. The maximum atomic E-state index is 11.2. The van der Waals surface area contributed by atoms with Crippen molar-refractivity contribution >= 4 is 11.7 Å². The fourth-order valence-electron chi connectivity index (χ4n) is 1.98. The van der Waals surface area contributed by atoms with Gasteiger partial charge in [-0.05, 0) is 31.5 Å². The molecule has 0 atom stereocenters. The molecule has 0 saturated carbocycles. The second-order valence-electron chi connectivity index (χ2n) is 4.52. The van der Waals surface area contributed by atoms with E-state index in [2.05, 4.69) is 0 Å². The molecular weight excluding hydrogens is 274 g/mol. The molecule has 2 aromatic rings. The van der Waals surface area contributed by atoms with E-state index in [1.807, 2.05) is 0 Å². The average molecular weight is 287 g/mol. The van der Waals surface area contributed by atoms with Gasteiger partial charge in [-0.1, -0.05) is 18.2 Å². The molecule has 0 bridgehead atoms. The Morgan fingerprint density at radius 1 is 1.19 bits per heavy atom. The average Bonchev–Trinajstić information content (AvgIpc) is 2.42. The highest BCUT2D eigenvalue weighted by atomic mass is 16.6. The number of nitro groups is 1. The smallest absolute Gasteiger partial charge is 0.339 e. The molecule has 2 aromatic carbocycles. The van der Waals surface area contributed by atoms with Crippen molar-refractivity contribution in [3.05, 3.63) is 63.2 Å². The minimum Gasteiger partial charge on any atom is -0.478 e. The molecule has 0 aromatic heterocycles. The van der Waals surface area contributed by atoms with Crippen molar-refractivity contribution in [1.29, 1.82) is 0 Å². The van der Waals surface area contributed by atoms with E-state index >= 15 is 0 Å². The van der Waals surface area contributed by atoms with Crippen LogP contribution in [-0.4, -0.2) is 16.0 Å². The standard InChI is InChI=1S/C15H13NO5/c1-9-5-3-6-11(15(17)18)14(9)21-13-8-4-7-12(10(13)2)16(19)20/h3-8H,1-2H3,(H,17,18). The summed E-state index contributed by atoms with van der Waals surface area (Å²) in [5, 5.41) is 20.1. The third-order valence-electron chi connectivity index (χ3n) is 3.11. The fourth-order valence-corrected chi connectivity index (χ4v) is 1.98. The molecule has 2 rings (SSSR count). The van der Waals surface area contributed by atoms with E-state index in [1.165, 1.54) is 18.2 Å². The van der Waals surface area contributed by atoms with Crippen LogP contribution in [0.25, 0.3) is 0 Å². The van der Waals surface area contributed by atoms with Gasteiger partial charge in [0.25, 0.3) is 5.69 Å². The number of aryl methyl sites for hydroxylation is 1. The normalized spacial score (nSPS) is 10.2. The number of rotatable bonds is 4. The highest BCUT2D eigenvalue weighted by Gasteiger charge is 2.18. The summed E-state index contributed by atoms with van der Waals surface area (Å²) in [6.45, 7) is 3.28. The number of aromatic carboxylic acids is 1. The Morgan fingerprint density at radius 2 is 1.86 bits per heavy atom. The minimum absolute atomic E-state index is 0.0147. The third kappa shape index (κ3) is 2.84. The van der Waals surface area contributed by atoms with Crippen LogP contribution in [-0.2, 0) is 0 Å². The zero-order valence-electron chi connectivity index (χ0n) is 11.5. The Labute approximate surface area is 120 Å². The quantitative estimate of drug-likeness (QED) is 0.684. The zero-order chi connectivity index (χ0) is 15.6. The molecule has 0 aliphatic heterocycles. The van der Waals surface area contributed by atoms with E-state index in [9.17, 15) is 20.0 Å². The van der Waals surface area contributed by atoms with Crippen LogP contribution in [0.4, 0.5) is 5.69 Å². The van der Waals surface area contributed by atoms with Gasteiger partial charge < -0.3 is 9.84 Å². The number of hydrogen-bond donors (Lipinski definition) is 1. The van der Waals surface area contributed by atoms with Gasteiger partial charge in [0, 0.05) is 6.07 Å². The summed E-state index contributed by atoms with van der Waals surface area (Å²) >= 11 is 0. The van der Waals surface area contributed by atoms with E-state index in [-0.39, 0.29) is 22.7 Å². The lowest BCUT2D eigenvalue weighted by atomic mass is 10.1. The molecule has 0 spiro atoms. The lowest BCUT2D eigenvalue weighted by Gasteiger charge is -2.13. The van der Waals surface area contributed by atoms with E-state index in [0.717, 1.165) is 0 Å². The van der Waals surface area contributed by atoms with Gasteiger partial charge in [-0.2, -0.15) is 0 Å². The molecule has 0 amide bonds. The van der Waals surface area contributed by atoms with Gasteiger partial charge in [-0.15, -0.1) is 0 Å². The van der Waals surface area contributed by atoms with Crippen LogP contribution in [0.15, 0.2) is 36.4 Å². The first-order valence-electron chi connectivity index (χ1n) is 6.16. The second-order valence-corrected chi connectivity index (χ2v) is 4.52. The zero-order valence-corrected chi connectivity index (χ0v) is 11.5. The molecule has 108 valence electrons. The summed E-state index contributed by atoms with van der Waals surface area (Å²) in [6.07, 6.45) is 0. The first-order chi connectivity index (χ1) is 9.91. The van der Waals surface area contributed by atoms with Crippen LogP contribution < -0.4 is 4.74 Å². The summed E-state index contributed by atoms with van der Waals surface area (Å²) in [4.78, 5) is 21.7. The number of carboxylic acid groups (broad SMARTS) is 1. The molecule has 21 heavy (non-hydrogen) atoms. The van der Waals surface area contributed by atoms with Gasteiger partial charge in [0.2, 0.25) is 0 Å². The van der Waals surface area contributed by atoms with E-state index in [0.29, 0.717) is 11.1 Å². The van der Waals surface area contributed by atoms with Crippen LogP contribution in [0.3, 0.4) is 0 Å². The Bertz CT molecular complexity index is 724. The predicted molar refractivity (Wildman–Crippen MR) is 76.0 cm³/mol. The van der Waals surface area contributed by atoms with Crippen LogP contribution in [0.1, 0.15) is 21.5 Å². The van der Waals surface area contributed by atoms with Crippen LogP contribution in [0.5, 0.6) is 11.5 Å². The summed E-state index contributed by atoms with van der Waals surface area (Å²) < 4.78 is 5.64. The molecule has 0 radical (unpaired) electrons. The monoisotopic (exact) mass is 287 g/mol. The van der Waals surface area contributed by atoms with Crippen LogP contribution in [0.2, 0.25) is 0 Å². The summed E-state index contributed by atoms with van der Waals surface area (Å²) in [7, 11) is 0. The van der Waals surface area contributed by atoms with Crippen molar-refractivity contribution in [3.8, 4) is 11.5 Å². The number of nitro benzene ring substituents is 1. The van der Waals surface area contributed by atoms with Gasteiger partial charge in [0.05, 0.1) is 10.5 Å². The molecular formula is C15H13NO5. The van der Waals surface area contributed by atoms with Gasteiger partial charge in [0.15, 0.2) is 0 Å². The molecule has 0 aliphatic carbocycles. The Hall–Kier alpha value is -2.89. The Kier molecular flexibility index (Phi) is 3.89. The maximum Gasteiger partial charge on any atom is 0.339 e. The number of ether oxygens (including phenoxy) is 1. The number of para-hydroxylation sites is 1. The molecule has 6 heteroatoms. The number of carbonyl (C=O) groups is 1. The topological polar surface area (TPSA) is 89.7 Å². The number of carboxylic acids is 1.